The van der Waals surface area contributed by atoms with Crippen LogP contribution in [-0.2, 0) is 17.1 Å². The normalized spacial score (nSPS) is 11.9. The van der Waals surface area contributed by atoms with Gasteiger partial charge in [0, 0.05) is 48.9 Å². The largest absolute Gasteiger partial charge is 0.389 e. The van der Waals surface area contributed by atoms with Gasteiger partial charge in [-0.05, 0) is 56.2 Å². The van der Waals surface area contributed by atoms with Crippen molar-refractivity contribution >= 4 is 28.2 Å². The van der Waals surface area contributed by atoms with E-state index in [1.54, 1.807) is 38.2 Å². The van der Waals surface area contributed by atoms with Crippen molar-refractivity contribution in [1.82, 2.24) is 14.3 Å². The van der Waals surface area contributed by atoms with Gasteiger partial charge >= 0.3 is 0 Å². The van der Waals surface area contributed by atoms with E-state index in [1.165, 1.54) is 0 Å². The number of hydrogen-bond acceptors (Lipinski definition) is 5. The molecule has 0 fully saturated rings. The zero-order valence-corrected chi connectivity index (χ0v) is 19.0. The van der Waals surface area contributed by atoms with Crippen molar-refractivity contribution in [3.05, 3.63) is 54.5 Å². The van der Waals surface area contributed by atoms with E-state index in [4.69, 9.17) is 5.73 Å². The highest BCUT2D eigenvalue weighted by Gasteiger charge is 2.21. The van der Waals surface area contributed by atoms with E-state index in [0.717, 1.165) is 27.8 Å². The van der Waals surface area contributed by atoms with Crippen molar-refractivity contribution in [1.29, 1.82) is 0 Å². The second-order valence-electron chi connectivity index (χ2n) is 7.84. The fourth-order valence-electron chi connectivity index (χ4n) is 2.95. The number of nitrogens with one attached hydrogen (secondary N) is 1. The van der Waals surface area contributed by atoms with E-state index in [-0.39, 0.29) is 23.8 Å². The van der Waals surface area contributed by atoms with Gasteiger partial charge in [0.1, 0.15) is 5.82 Å². The molecular weight excluding hydrogens is 424 g/mol. The molecule has 30 heavy (non-hydrogen) atoms. The molecule has 0 atom stereocenters. The first-order valence-electron chi connectivity index (χ1n) is 9.17. The highest BCUT2D eigenvalue weighted by Crippen LogP contribution is 2.32. The summed E-state index contributed by atoms with van der Waals surface area (Å²) < 4.78 is 29.7. The smallest absolute Gasteiger partial charge is 0.240 e. The Morgan fingerprint density at radius 2 is 1.87 bits per heavy atom. The lowest BCUT2D eigenvalue weighted by atomic mass is 9.99. The number of aryl methyl sites for hydroxylation is 2. The lowest BCUT2D eigenvalue weighted by Gasteiger charge is -2.18. The number of nitrogen functional groups attached to an aromatic ring is 1. The van der Waals surface area contributed by atoms with Gasteiger partial charge in [-0.2, -0.15) is 0 Å². The molecule has 0 aliphatic carbocycles. The van der Waals surface area contributed by atoms with E-state index < -0.39 is 15.6 Å². The zero-order valence-electron chi connectivity index (χ0n) is 17.4. The molecule has 2 aromatic heterocycles. The number of anilines is 1. The van der Waals surface area contributed by atoms with Gasteiger partial charge in [-0.3, -0.25) is 0 Å². The molecule has 4 N–H and O–H groups in total. The van der Waals surface area contributed by atoms with Crippen LogP contribution in [0.2, 0.25) is 0 Å². The van der Waals surface area contributed by atoms with Gasteiger partial charge in [0.25, 0.3) is 0 Å². The fourth-order valence-corrected chi connectivity index (χ4v) is 4.18. The maximum absolute atomic E-state index is 12.7. The highest BCUT2D eigenvalue weighted by atomic mass is 35.5. The Kier molecular flexibility index (Phi) is 6.98. The molecule has 0 saturated carbocycles. The molecule has 0 saturated heterocycles. The second-order valence-corrected chi connectivity index (χ2v) is 9.60. The number of nitrogens with two attached hydrogens (primary N) is 1. The Bertz CT molecular complexity index is 1150. The number of aromatic nitrogens is 2. The van der Waals surface area contributed by atoms with E-state index in [1.807, 2.05) is 43.1 Å². The number of halogens is 1. The van der Waals surface area contributed by atoms with E-state index in [9.17, 15) is 13.5 Å². The van der Waals surface area contributed by atoms with Gasteiger partial charge in [0.2, 0.25) is 10.0 Å². The molecule has 2 heterocycles. The Hall–Kier alpha value is -2.39. The standard InChI is InChI=1S/C21H26N4O3S.ClH/c1-14-5-6-17(29(27,28)24-13-21(2,3)26)10-18(14)16-9-19(20(22)23-11-16)15-7-8-25(4)12-15;/h5-12,24,26H,13H2,1-4H3,(H2,22,23);1H. The Morgan fingerprint density at radius 1 is 1.17 bits per heavy atom. The monoisotopic (exact) mass is 450 g/mol. The van der Waals surface area contributed by atoms with Crippen LogP contribution in [0, 0.1) is 6.92 Å². The molecule has 1 aromatic carbocycles. The van der Waals surface area contributed by atoms with Gasteiger partial charge in [0.05, 0.1) is 10.5 Å². The summed E-state index contributed by atoms with van der Waals surface area (Å²) in [5, 5.41) is 9.82. The van der Waals surface area contributed by atoms with Crippen LogP contribution in [0.3, 0.4) is 0 Å². The molecule has 3 aromatic rings. The molecule has 0 aliphatic rings. The first-order chi connectivity index (χ1) is 13.5. The molecule has 0 amide bonds. The molecule has 7 nitrogen and oxygen atoms in total. The lowest BCUT2D eigenvalue weighted by molar-refractivity contribution is 0.0857. The van der Waals surface area contributed by atoms with E-state index >= 15 is 0 Å². The van der Waals surface area contributed by atoms with Crippen molar-refractivity contribution in [2.75, 3.05) is 12.3 Å². The Balaban J connectivity index is 0.00000320. The first-order valence-corrected chi connectivity index (χ1v) is 10.7. The van der Waals surface area contributed by atoms with Crippen LogP contribution in [0.4, 0.5) is 5.82 Å². The Labute approximate surface area is 183 Å². The molecule has 162 valence electrons. The minimum atomic E-state index is -3.77. The maximum Gasteiger partial charge on any atom is 0.240 e. The van der Waals surface area contributed by atoms with Crippen molar-refractivity contribution < 1.29 is 13.5 Å². The predicted molar refractivity (Wildman–Crippen MR) is 122 cm³/mol. The van der Waals surface area contributed by atoms with Crippen LogP contribution < -0.4 is 10.5 Å². The molecule has 0 radical (unpaired) electrons. The van der Waals surface area contributed by atoms with Gasteiger partial charge in [0.15, 0.2) is 0 Å². The molecule has 0 aliphatic heterocycles. The molecule has 0 spiro atoms. The predicted octanol–water partition coefficient (Wildman–Crippen LogP) is 3.12. The number of pyridine rings is 1. The highest BCUT2D eigenvalue weighted by molar-refractivity contribution is 7.89. The van der Waals surface area contributed by atoms with Crippen LogP contribution >= 0.6 is 12.4 Å². The lowest BCUT2D eigenvalue weighted by Crippen LogP contribution is -2.38. The number of sulfonamides is 1. The topological polar surface area (TPSA) is 110 Å². The van der Waals surface area contributed by atoms with Gasteiger partial charge in [-0.25, -0.2) is 18.1 Å². The van der Waals surface area contributed by atoms with Crippen LogP contribution in [-0.4, -0.2) is 35.2 Å². The molecule has 0 bridgehead atoms. The van der Waals surface area contributed by atoms with Crippen LogP contribution in [0.5, 0.6) is 0 Å². The summed E-state index contributed by atoms with van der Waals surface area (Å²) in [6, 6.07) is 8.79. The van der Waals surface area contributed by atoms with Crippen molar-refractivity contribution in [2.24, 2.45) is 7.05 Å². The summed E-state index contributed by atoms with van der Waals surface area (Å²) in [7, 11) is -1.84. The van der Waals surface area contributed by atoms with Gasteiger partial charge in [-0.1, -0.05) is 6.07 Å². The summed E-state index contributed by atoms with van der Waals surface area (Å²) in [4.78, 5) is 4.44. The third-order valence-electron chi connectivity index (χ3n) is 4.59. The zero-order chi connectivity index (χ0) is 21.4. The second kappa shape index (κ2) is 8.77. The minimum Gasteiger partial charge on any atom is -0.389 e. The van der Waals surface area contributed by atoms with Crippen molar-refractivity contribution in [3.63, 3.8) is 0 Å². The summed E-state index contributed by atoms with van der Waals surface area (Å²) in [5.41, 5.74) is 9.09. The molecule has 0 unspecified atom stereocenters. The van der Waals surface area contributed by atoms with E-state index in [0.29, 0.717) is 5.82 Å². The third-order valence-corrected chi connectivity index (χ3v) is 5.99. The van der Waals surface area contributed by atoms with Crippen molar-refractivity contribution in [2.45, 2.75) is 31.3 Å². The summed E-state index contributed by atoms with van der Waals surface area (Å²) in [5.74, 6) is 0.410. The van der Waals surface area contributed by atoms with Crippen LogP contribution in [0.15, 0.2) is 53.8 Å². The quantitative estimate of drug-likeness (QED) is 0.534. The average molecular weight is 451 g/mol. The Morgan fingerprint density at radius 3 is 2.47 bits per heavy atom. The fraction of sp³-hybridized carbons (Fsp3) is 0.286. The number of benzene rings is 1. The number of rotatable bonds is 6. The van der Waals surface area contributed by atoms with Crippen molar-refractivity contribution in [3.8, 4) is 22.3 Å². The summed E-state index contributed by atoms with van der Waals surface area (Å²) in [6.45, 7) is 4.91. The van der Waals surface area contributed by atoms with Crippen LogP contribution in [0.1, 0.15) is 19.4 Å². The van der Waals surface area contributed by atoms with Gasteiger partial charge < -0.3 is 15.4 Å². The average Bonchev–Trinajstić information content (AvgIpc) is 3.06. The van der Waals surface area contributed by atoms with E-state index in [2.05, 4.69) is 9.71 Å². The number of aliphatic hydroxyl groups is 1. The summed E-state index contributed by atoms with van der Waals surface area (Å²) in [6.07, 6.45) is 5.52. The molecule has 9 heteroatoms. The third kappa shape index (κ3) is 5.40. The molecule has 3 rings (SSSR count). The first kappa shape index (κ1) is 23.9. The molecular formula is C21H27ClN4O3S. The SMILES string of the molecule is Cc1ccc(S(=O)(=O)NCC(C)(C)O)cc1-c1cnc(N)c(-c2ccn(C)c2)c1.Cl. The summed E-state index contributed by atoms with van der Waals surface area (Å²) >= 11 is 0. The number of nitrogens with zero attached hydrogens (tertiary/aromatic N) is 2. The van der Waals surface area contributed by atoms with Crippen LogP contribution in [0.25, 0.3) is 22.3 Å². The van der Waals surface area contributed by atoms with Gasteiger partial charge in [-0.15, -0.1) is 12.4 Å². The minimum absolute atomic E-state index is 0. The number of hydrogen-bond donors (Lipinski definition) is 3. The maximum atomic E-state index is 12.7.